The highest BCUT2D eigenvalue weighted by Gasteiger charge is 2.40. The molecule has 2 heterocycles. The number of methoxy groups -OCH3 is 2. The molecule has 4 rings (SSSR count). The molecule has 7 nitrogen and oxygen atoms in total. The van der Waals surface area contributed by atoms with E-state index < -0.39 is 58.3 Å². The Kier molecular flexibility index (Phi) is 15.1. The van der Waals surface area contributed by atoms with E-state index in [0.29, 0.717) is 63.7 Å². The molecule has 2 saturated heterocycles. The van der Waals surface area contributed by atoms with Crippen molar-refractivity contribution in [2.45, 2.75) is 36.6 Å². The summed E-state index contributed by atoms with van der Waals surface area (Å²) in [6.45, 7) is 3.68. The van der Waals surface area contributed by atoms with E-state index in [1.54, 1.807) is 14.2 Å². The molecule has 0 aromatic heterocycles. The van der Waals surface area contributed by atoms with Gasteiger partial charge in [0.1, 0.15) is 5.60 Å². The van der Waals surface area contributed by atoms with Gasteiger partial charge < -0.3 is 19.1 Å². The maximum absolute atomic E-state index is 13.6. The summed E-state index contributed by atoms with van der Waals surface area (Å²) in [7, 11) is 3.11. The average molecular weight is 759 g/mol. The predicted octanol–water partition coefficient (Wildman–Crippen LogP) is 6.32. The van der Waals surface area contributed by atoms with Gasteiger partial charge in [0.05, 0.1) is 36.5 Å². The smallest absolute Gasteiger partial charge is 0.382 e. The molecule has 1 atom stereocenters. The minimum absolute atomic E-state index is 0. The normalized spacial score (nSPS) is 19.2. The summed E-state index contributed by atoms with van der Waals surface area (Å²) < 4.78 is 137. The van der Waals surface area contributed by atoms with Crippen LogP contribution >= 0.6 is 24.8 Å². The van der Waals surface area contributed by atoms with Crippen molar-refractivity contribution in [3.63, 3.8) is 0 Å². The molecule has 18 heteroatoms. The summed E-state index contributed by atoms with van der Waals surface area (Å²) >= 11 is 0. The number of alkyl halides is 9. The fourth-order valence-corrected chi connectivity index (χ4v) is 6.05. The third kappa shape index (κ3) is 11.3. The van der Waals surface area contributed by atoms with E-state index in [9.17, 15) is 44.3 Å². The second-order valence-electron chi connectivity index (χ2n) is 11.8. The van der Waals surface area contributed by atoms with Crippen molar-refractivity contribution in [2.24, 2.45) is 0 Å². The van der Waals surface area contributed by atoms with Crippen LogP contribution in [0.1, 0.15) is 32.6 Å². The van der Waals surface area contributed by atoms with Crippen LogP contribution in [0.4, 0.5) is 39.5 Å². The SMILES string of the molecule is COCC1(COC)CN(CCN2CCN(C(=O)c3cc(C(F)(F)F)cc(C(F)(F)F)c3)[C@H](Cc3ccc(C(F)(F)F)cc3)C2)CCO1.Cl.Cl. The molecule has 2 fully saturated rings. The molecule has 2 aromatic carbocycles. The number of rotatable bonds is 10. The predicted molar refractivity (Wildman–Crippen MR) is 166 cm³/mol. The molecule has 0 aliphatic carbocycles. The van der Waals surface area contributed by atoms with E-state index in [4.69, 9.17) is 14.2 Å². The number of carbonyl (C=O) groups is 1. The Bertz CT molecular complexity index is 1320. The monoisotopic (exact) mass is 757 g/mol. The topological polar surface area (TPSA) is 54.5 Å². The summed E-state index contributed by atoms with van der Waals surface area (Å²) in [4.78, 5) is 19.0. The van der Waals surface area contributed by atoms with Crippen LogP contribution in [0.25, 0.3) is 0 Å². The number of hydrogen-bond donors (Lipinski definition) is 0. The fourth-order valence-electron chi connectivity index (χ4n) is 6.05. The third-order valence-electron chi connectivity index (χ3n) is 8.29. The van der Waals surface area contributed by atoms with Gasteiger partial charge in [-0.15, -0.1) is 24.8 Å². The lowest BCUT2D eigenvalue weighted by Gasteiger charge is -2.44. The summed E-state index contributed by atoms with van der Waals surface area (Å²) in [6.07, 6.45) is -14.8. The Hall–Kier alpha value is -2.34. The van der Waals surface area contributed by atoms with Crippen LogP contribution < -0.4 is 0 Å². The molecular weight excluding hydrogens is 720 g/mol. The highest BCUT2D eigenvalue weighted by molar-refractivity contribution is 5.95. The maximum Gasteiger partial charge on any atom is 0.416 e. The molecule has 49 heavy (non-hydrogen) atoms. The van der Waals surface area contributed by atoms with Crippen LogP contribution in [0.15, 0.2) is 42.5 Å². The van der Waals surface area contributed by atoms with Gasteiger partial charge in [-0.05, 0) is 42.3 Å². The van der Waals surface area contributed by atoms with Gasteiger partial charge in [0.25, 0.3) is 5.91 Å². The highest BCUT2D eigenvalue weighted by atomic mass is 35.5. The number of piperazine rings is 1. The molecule has 0 bridgehead atoms. The molecule has 2 aliphatic heterocycles. The number of halogens is 11. The Morgan fingerprint density at radius 1 is 0.776 bits per heavy atom. The van der Waals surface area contributed by atoms with Gasteiger partial charge in [-0.1, -0.05) is 12.1 Å². The first kappa shape index (κ1) is 42.8. The summed E-state index contributed by atoms with van der Waals surface area (Å²) in [5.41, 5.74) is -5.14. The van der Waals surface area contributed by atoms with Crippen LogP contribution in [-0.4, -0.2) is 112 Å². The first-order valence-electron chi connectivity index (χ1n) is 14.8. The number of hydrogen-bond acceptors (Lipinski definition) is 6. The average Bonchev–Trinajstić information content (AvgIpc) is 2.99. The zero-order valence-corrected chi connectivity index (χ0v) is 28.2. The summed E-state index contributed by atoms with van der Waals surface area (Å²) in [6, 6.07) is 4.24. The molecule has 0 unspecified atom stereocenters. The van der Waals surface area contributed by atoms with Gasteiger partial charge in [0, 0.05) is 71.6 Å². The maximum atomic E-state index is 13.6. The number of morpholine rings is 1. The number of amides is 1. The van der Waals surface area contributed by atoms with Crippen LogP contribution in [0, 0.1) is 0 Å². The molecule has 0 N–H and O–H groups in total. The fraction of sp³-hybridized carbons (Fsp3) is 0.581. The van der Waals surface area contributed by atoms with Gasteiger partial charge in [-0.2, -0.15) is 39.5 Å². The summed E-state index contributed by atoms with van der Waals surface area (Å²) in [5.74, 6) is -1.03. The van der Waals surface area contributed by atoms with Crippen molar-refractivity contribution in [1.29, 1.82) is 0 Å². The molecule has 2 aromatic rings. The van der Waals surface area contributed by atoms with Crippen LogP contribution in [0.5, 0.6) is 0 Å². The zero-order valence-electron chi connectivity index (χ0n) is 26.6. The van der Waals surface area contributed by atoms with Crippen molar-refractivity contribution in [3.05, 3.63) is 70.3 Å². The molecular formula is C31H38Cl2F9N3O4. The molecule has 1 amide bonds. The molecule has 278 valence electrons. The van der Waals surface area contributed by atoms with Crippen LogP contribution in [0.2, 0.25) is 0 Å². The Morgan fingerprint density at radius 3 is 1.82 bits per heavy atom. The van der Waals surface area contributed by atoms with E-state index >= 15 is 0 Å². The largest absolute Gasteiger partial charge is 0.416 e. The lowest BCUT2D eigenvalue weighted by atomic mass is 9.98. The Morgan fingerprint density at radius 2 is 1.31 bits per heavy atom. The van der Waals surface area contributed by atoms with E-state index in [2.05, 4.69) is 4.90 Å². The quantitative estimate of drug-likeness (QED) is 0.265. The summed E-state index contributed by atoms with van der Waals surface area (Å²) in [5, 5.41) is 0. The first-order valence-corrected chi connectivity index (χ1v) is 14.8. The van der Waals surface area contributed by atoms with Crippen molar-refractivity contribution < 1.29 is 58.5 Å². The standard InChI is InChI=1S/C31H36F9N3O4.2ClH/c1-45-19-28(20-46-2)18-42(11-12-47-28)8-7-41-9-10-43(26(17-41)13-21-3-5-23(6-4-21)29(32,33)34)27(44)22-14-24(30(35,36)37)16-25(15-22)31(38,39)40;;/h3-6,14-16,26H,7-13,17-20H2,1-2H3;2*1H/t26-;;/m1../s1. The minimum atomic E-state index is -5.14. The Labute approximate surface area is 290 Å². The number of ether oxygens (including phenoxy) is 3. The van der Waals surface area contributed by atoms with Crippen molar-refractivity contribution in [3.8, 4) is 0 Å². The third-order valence-corrected chi connectivity index (χ3v) is 8.29. The second-order valence-corrected chi connectivity index (χ2v) is 11.8. The minimum Gasteiger partial charge on any atom is -0.382 e. The second kappa shape index (κ2) is 17.2. The first-order chi connectivity index (χ1) is 21.9. The van der Waals surface area contributed by atoms with E-state index in [1.807, 2.05) is 4.90 Å². The number of carbonyl (C=O) groups excluding carboxylic acids is 1. The molecule has 2 aliphatic rings. The highest BCUT2D eigenvalue weighted by Crippen LogP contribution is 2.37. The van der Waals surface area contributed by atoms with Crippen molar-refractivity contribution in [1.82, 2.24) is 14.7 Å². The lowest BCUT2D eigenvalue weighted by molar-refractivity contribution is -0.164. The van der Waals surface area contributed by atoms with E-state index in [1.165, 1.54) is 17.0 Å². The van der Waals surface area contributed by atoms with Gasteiger partial charge in [-0.25, -0.2) is 0 Å². The van der Waals surface area contributed by atoms with E-state index in [0.717, 1.165) is 12.1 Å². The molecule has 0 radical (unpaired) electrons. The van der Waals surface area contributed by atoms with Crippen LogP contribution in [0.3, 0.4) is 0 Å². The van der Waals surface area contributed by atoms with Gasteiger partial charge in [0.15, 0.2) is 0 Å². The van der Waals surface area contributed by atoms with Crippen LogP contribution in [-0.2, 0) is 39.2 Å². The van der Waals surface area contributed by atoms with E-state index in [-0.39, 0.29) is 56.9 Å². The lowest BCUT2D eigenvalue weighted by Crippen LogP contribution is -2.59. The Balaban J connectivity index is 0.00000417. The molecule has 0 spiro atoms. The van der Waals surface area contributed by atoms with Gasteiger partial charge >= 0.3 is 18.5 Å². The van der Waals surface area contributed by atoms with Crippen molar-refractivity contribution in [2.75, 3.05) is 79.9 Å². The van der Waals surface area contributed by atoms with Gasteiger partial charge in [0.2, 0.25) is 0 Å². The number of benzene rings is 2. The zero-order chi connectivity index (χ0) is 34.6. The van der Waals surface area contributed by atoms with Gasteiger partial charge in [-0.3, -0.25) is 14.6 Å². The molecule has 0 saturated carbocycles. The van der Waals surface area contributed by atoms with Crippen molar-refractivity contribution >= 4 is 30.7 Å². The number of nitrogens with zero attached hydrogens (tertiary/aromatic N) is 3.